The third-order valence-electron chi connectivity index (χ3n) is 4.72. The lowest BCUT2D eigenvalue weighted by Gasteiger charge is -2.29. The Morgan fingerprint density at radius 1 is 1.13 bits per heavy atom. The maximum absolute atomic E-state index is 5.83. The number of aromatic nitrogens is 2. The summed E-state index contributed by atoms with van der Waals surface area (Å²) in [6.07, 6.45) is 8.36. The molecule has 0 amide bonds. The molecule has 0 aliphatic carbocycles. The summed E-state index contributed by atoms with van der Waals surface area (Å²) in [6, 6.07) is 6.36. The molecule has 4 nitrogen and oxygen atoms in total. The first-order valence-electron chi connectivity index (χ1n) is 8.45. The number of hydrogen-bond donors (Lipinski definition) is 1. The van der Waals surface area contributed by atoms with Crippen LogP contribution in [0.1, 0.15) is 41.1 Å². The van der Waals surface area contributed by atoms with Crippen molar-refractivity contribution in [3.8, 4) is 0 Å². The minimum atomic E-state index is 0.609. The highest BCUT2D eigenvalue weighted by atomic mass is 15.1. The average Bonchev–Trinajstić information content (AvgIpc) is 2.53. The van der Waals surface area contributed by atoms with Crippen LogP contribution in [0.3, 0.4) is 0 Å². The smallest absolute Gasteiger partial charge is 0.123 e. The number of nitrogens with two attached hydrogens (primary N) is 1. The second-order valence-corrected chi connectivity index (χ2v) is 6.76. The van der Waals surface area contributed by atoms with E-state index in [9.17, 15) is 0 Å². The Labute approximate surface area is 138 Å². The van der Waals surface area contributed by atoms with E-state index < -0.39 is 0 Å². The molecule has 122 valence electrons. The molecule has 2 N–H and O–H groups in total. The Hall–Kier alpha value is -1.94. The number of likely N-dealkylation sites (tertiary alicyclic amines) is 1. The highest BCUT2D eigenvalue weighted by Crippen LogP contribution is 2.27. The molecule has 0 aromatic carbocycles. The molecule has 1 aliphatic rings. The minimum absolute atomic E-state index is 0.609. The monoisotopic (exact) mass is 310 g/mol. The third-order valence-corrected chi connectivity index (χ3v) is 4.72. The van der Waals surface area contributed by atoms with Gasteiger partial charge in [0.25, 0.3) is 0 Å². The van der Waals surface area contributed by atoms with Crippen molar-refractivity contribution < 1.29 is 0 Å². The standard InChI is InChI=1S/C19H26N4/c1-14-9-18(22-19(20)10-14)4-3-15-11-17(13-21-12-15)16-5-7-23(2)8-6-16/h9-13,16H,3-8H2,1-2H3,(H2,20,22). The maximum Gasteiger partial charge on any atom is 0.123 e. The van der Waals surface area contributed by atoms with Crippen LogP contribution in [0.25, 0.3) is 0 Å². The van der Waals surface area contributed by atoms with Crippen molar-refractivity contribution in [3.05, 3.63) is 53.0 Å². The van der Waals surface area contributed by atoms with E-state index >= 15 is 0 Å². The van der Waals surface area contributed by atoms with Crippen LogP contribution in [0.5, 0.6) is 0 Å². The fourth-order valence-electron chi connectivity index (χ4n) is 3.38. The van der Waals surface area contributed by atoms with Gasteiger partial charge >= 0.3 is 0 Å². The summed E-state index contributed by atoms with van der Waals surface area (Å²) >= 11 is 0. The Morgan fingerprint density at radius 3 is 2.65 bits per heavy atom. The zero-order valence-corrected chi connectivity index (χ0v) is 14.1. The molecule has 1 aliphatic heterocycles. The number of rotatable bonds is 4. The summed E-state index contributed by atoms with van der Waals surface area (Å²) < 4.78 is 0. The van der Waals surface area contributed by atoms with E-state index in [0.29, 0.717) is 11.7 Å². The normalized spacial score (nSPS) is 16.6. The van der Waals surface area contributed by atoms with E-state index in [0.717, 1.165) is 18.5 Å². The van der Waals surface area contributed by atoms with Gasteiger partial charge in [0.05, 0.1) is 0 Å². The first-order chi connectivity index (χ1) is 11.1. The molecule has 3 rings (SSSR count). The zero-order chi connectivity index (χ0) is 16.2. The van der Waals surface area contributed by atoms with Crippen molar-refractivity contribution >= 4 is 5.82 Å². The van der Waals surface area contributed by atoms with Crippen LogP contribution in [0, 0.1) is 6.92 Å². The molecule has 23 heavy (non-hydrogen) atoms. The first kappa shape index (κ1) is 15.9. The lowest BCUT2D eigenvalue weighted by molar-refractivity contribution is 0.255. The molecular formula is C19H26N4. The number of pyridine rings is 2. The summed E-state index contributed by atoms with van der Waals surface area (Å²) in [4.78, 5) is 11.3. The molecule has 2 aromatic rings. The highest BCUT2D eigenvalue weighted by Gasteiger charge is 2.18. The van der Waals surface area contributed by atoms with E-state index in [4.69, 9.17) is 5.73 Å². The highest BCUT2D eigenvalue weighted by molar-refractivity contribution is 5.34. The van der Waals surface area contributed by atoms with Gasteiger partial charge in [-0.1, -0.05) is 6.07 Å². The zero-order valence-electron chi connectivity index (χ0n) is 14.1. The van der Waals surface area contributed by atoms with Gasteiger partial charge in [0.1, 0.15) is 5.82 Å². The molecule has 0 saturated carbocycles. The van der Waals surface area contributed by atoms with Crippen LogP contribution < -0.4 is 5.73 Å². The van der Waals surface area contributed by atoms with E-state index in [-0.39, 0.29) is 0 Å². The van der Waals surface area contributed by atoms with Crippen molar-refractivity contribution in [1.29, 1.82) is 0 Å². The second-order valence-electron chi connectivity index (χ2n) is 6.76. The number of nitrogens with zero attached hydrogens (tertiary/aromatic N) is 3. The minimum Gasteiger partial charge on any atom is -0.384 e. The van der Waals surface area contributed by atoms with Crippen LogP contribution in [0.15, 0.2) is 30.6 Å². The van der Waals surface area contributed by atoms with Gasteiger partial charge in [-0.15, -0.1) is 0 Å². The number of piperidine rings is 1. The van der Waals surface area contributed by atoms with Gasteiger partial charge in [-0.3, -0.25) is 4.98 Å². The van der Waals surface area contributed by atoms with Crippen molar-refractivity contribution in [1.82, 2.24) is 14.9 Å². The predicted octanol–water partition coefficient (Wildman–Crippen LogP) is 2.96. The van der Waals surface area contributed by atoms with Crippen molar-refractivity contribution in [3.63, 3.8) is 0 Å². The molecule has 0 radical (unpaired) electrons. The molecule has 0 spiro atoms. The van der Waals surface area contributed by atoms with Crippen LogP contribution in [0.2, 0.25) is 0 Å². The Balaban J connectivity index is 1.65. The van der Waals surface area contributed by atoms with Gasteiger partial charge in [0.15, 0.2) is 0 Å². The van der Waals surface area contributed by atoms with Crippen LogP contribution >= 0.6 is 0 Å². The first-order valence-corrected chi connectivity index (χ1v) is 8.45. The van der Waals surface area contributed by atoms with Crippen LogP contribution in [-0.2, 0) is 12.8 Å². The molecule has 0 atom stereocenters. The molecule has 0 bridgehead atoms. The van der Waals surface area contributed by atoms with Crippen molar-refractivity contribution in [2.75, 3.05) is 25.9 Å². The molecule has 0 unspecified atom stereocenters. The average molecular weight is 310 g/mol. The molecule has 1 saturated heterocycles. The lowest BCUT2D eigenvalue weighted by Crippen LogP contribution is -2.29. The molecule has 3 heterocycles. The fourth-order valence-corrected chi connectivity index (χ4v) is 3.38. The largest absolute Gasteiger partial charge is 0.384 e. The van der Waals surface area contributed by atoms with Gasteiger partial charge in [-0.05, 0) is 87.5 Å². The van der Waals surface area contributed by atoms with E-state index in [1.807, 2.05) is 18.5 Å². The number of anilines is 1. The van der Waals surface area contributed by atoms with Crippen LogP contribution in [0.4, 0.5) is 5.82 Å². The molecular weight excluding hydrogens is 284 g/mol. The van der Waals surface area contributed by atoms with Gasteiger partial charge in [-0.25, -0.2) is 4.98 Å². The van der Waals surface area contributed by atoms with Crippen molar-refractivity contribution in [2.45, 2.75) is 38.5 Å². The second kappa shape index (κ2) is 7.09. The Bertz CT molecular complexity index is 640. The number of aryl methyl sites for hydroxylation is 3. The van der Waals surface area contributed by atoms with E-state index in [1.54, 1.807) is 0 Å². The van der Waals surface area contributed by atoms with Gasteiger partial charge < -0.3 is 10.6 Å². The van der Waals surface area contributed by atoms with E-state index in [2.05, 4.69) is 41.0 Å². The lowest BCUT2D eigenvalue weighted by atomic mass is 9.89. The summed E-state index contributed by atoms with van der Waals surface area (Å²) in [5.74, 6) is 1.27. The quantitative estimate of drug-likeness (QED) is 0.943. The molecule has 2 aromatic heterocycles. The Kier molecular flexibility index (Phi) is 4.91. The molecule has 4 heteroatoms. The fraction of sp³-hybridized carbons (Fsp3) is 0.474. The van der Waals surface area contributed by atoms with Crippen molar-refractivity contribution in [2.24, 2.45) is 0 Å². The van der Waals surface area contributed by atoms with Crippen LogP contribution in [-0.4, -0.2) is 35.0 Å². The SMILES string of the molecule is Cc1cc(N)nc(CCc2cncc(C3CCN(C)CC3)c2)c1. The summed E-state index contributed by atoms with van der Waals surface area (Å²) in [6.45, 7) is 4.42. The summed E-state index contributed by atoms with van der Waals surface area (Å²) in [7, 11) is 2.20. The third kappa shape index (κ3) is 4.29. The predicted molar refractivity (Wildman–Crippen MR) is 94.5 cm³/mol. The summed E-state index contributed by atoms with van der Waals surface area (Å²) in [5, 5.41) is 0. The Morgan fingerprint density at radius 2 is 1.91 bits per heavy atom. The maximum atomic E-state index is 5.83. The van der Waals surface area contributed by atoms with Gasteiger partial charge in [0.2, 0.25) is 0 Å². The topological polar surface area (TPSA) is 55.0 Å². The summed E-state index contributed by atoms with van der Waals surface area (Å²) in [5.41, 5.74) is 10.8. The number of nitrogen functional groups attached to an aromatic ring is 1. The molecule has 1 fully saturated rings. The van der Waals surface area contributed by atoms with Gasteiger partial charge in [-0.2, -0.15) is 0 Å². The number of hydrogen-bond acceptors (Lipinski definition) is 4. The van der Waals surface area contributed by atoms with E-state index in [1.165, 1.54) is 42.6 Å². The van der Waals surface area contributed by atoms with Gasteiger partial charge in [0, 0.05) is 18.1 Å².